The third kappa shape index (κ3) is 4.28. The second-order valence-corrected chi connectivity index (χ2v) is 4.31. The van der Waals surface area contributed by atoms with Gasteiger partial charge in [0.05, 0.1) is 0 Å². The van der Waals surface area contributed by atoms with E-state index in [1.165, 1.54) is 19.1 Å². The van der Waals surface area contributed by atoms with Gasteiger partial charge >= 0.3 is 0 Å². The summed E-state index contributed by atoms with van der Waals surface area (Å²) in [6.45, 7) is 3.26. The highest BCUT2D eigenvalue weighted by molar-refractivity contribution is 5.88. The largest absolute Gasteiger partial charge is 0.508 e. The number of amides is 2. The summed E-state index contributed by atoms with van der Waals surface area (Å²) in [6.07, 6.45) is 2.05. The minimum atomic E-state index is -0.795. The lowest BCUT2D eigenvalue weighted by molar-refractivity contribution is -0.133. The van der Waals surface area contributed by atoms with Gasteiger partial charge in [-0.3, -0.25) is 9.59 Å². The van der Waals surface area contributed by atoms with Crippen LogP contribution in [0.2, 0.25) is 0 Å². The van der Waals surface area contributed by atoms with E-state index >= 15 is 0 Å². The Labute approximate surface area is 117 Å². The van der Waals surface area contributed by atoms with Crippen LogP contribution in [-0.2, 0) is 16.0 Å². The molecule has 0 aliphatic heterocycles. The number of aromatic hydroxyl groups is 1. The molecule has 0 saturated carbocycles. The molecule has 0 bridgehead atoms. The van der Waals surface area contributed by atoms with Crippen LogP contribution in [0, 0.1) is 11.5 Å². The summed E-state index contributed by atoms with van der Waals surface area (Å²) in [4.78, 5) is 24.4. The summed E-state index contributed by atoms with van der Waals surface area (Å²) in [6, 6.07) is 5.55. The zero-order chi connectivity index (χ0) is 15.1. The predicted octanol–water partition coefficient (Wildman–Crippen LogP) is 0.769. The van der Waals surface area contributed by atoms with Crippen molar-refractivity contribution in [1.29, 1.82) is 5.26 Å². The maximum absolute atomic E-state index is 12.2. The van der Waals surface area contributed by atoms with E-state index in [0.717, 1.165) is 10.5 Å². The molecule has 0 fully saturated rings. The van der Waals surface area contributed by atoms with Crippen LogP contribution in [-0.4, -0.2) is 34.4 Å². The molecule has 0 aliphatic rings. The minimum Gasteiger partial charge on any atom is -0.508 e. The molecule has 2 amide bonds. The van der Waals surface area contributed by atoms with Crippen molar-refractivity contribution in [2.24, 2.45) is 0 Å². The number of phenolic OH excluding ortho intramolecular Hbond substituents is 1. The van der Waals surface area contributed by atoms with Gasteiger partial charge in [0.2, 0.25) is 5.91 Å². The number of nitriles is 1. The Morgan fingerprint density at radius 3 is 2.45 bits per heavy atom. The van der Waals surface area contributed by atoms with Gasteiger partial charge in [-0.2, -0.15) is 5.26 Å². The van der Waals surface area contributed by atoms with Gasteiger partial charge in [0, 0.05) is 19.9 Å². The molecule has 20 heavy (non-hydrogen) atoms. The van der Waals surface area contributed by atoms with E-state index in [0.29, 0.717) is 0 Å². The Morgan fingerprint density at radius 2 is 2.00 bits per heavy atom. The molecular weight excluding hydrogens is 258 g/mol. The molecule has 1 atom stereocenters. The van der Waals surface area contributed by atoms with E-state index in [2.05, 4.69) is 5.32 Å². The first-order chi connectivity index (χ1) is 9.47. The van der Waals surface area contributed by atoms with Gasteiger partial charge in [-0.25, -0.2) is 4.90 Å². The number of nitrogens with one attached hydrogen (secondary N) is 1. The Morgan fingerprint density at radius 1 is 1.40 bits per heavy atom. The fraction of sp³-hybridized carbons (Fsp3) is 0.357. The molecule has 106 valence electrons. The molecule has 6 heteroatoms. The van der Waals surface area contributed by atoms with Gasteiger partial charge in [0.1, 0.15) is 11.8 Å². The number of nitrogens with zero attached hydrogens (tertiary/aromatic N) is 2. The van der Waals surface area contributed by atoms with Crippen molar-refractivity contribution >= 4 is 11.8 Å². The number of phenols is 1. The molecule has 0 saturated heterocycles. The van der Waals surface area contributed by atoms with Crippen molar-refractivity contribution in [2.75, 3.05) is 6.54 Å². The van der Waals surface area contributed by atoms with E-state index < -0.39 is 11.9 Å². The van der Waals surface area contributed by atoms with E-state index in [-0.39, 0.29) is 24.6 Å². The maximum Gasteiger partial charge on any atom is 0.258 e. The van der Waals surface area contributed by atoms with Crippen molar-refractivity contribution in [3.05, 3.63) is 29.8 Å². The first-order valence-corrected chi connectivity index (χ1v) is 6.24. The third-order valence-corrected chi connectivity index (χ3v) is 2.75. The zero-order valence-electron chi connectivity index (χ0n) is 11.5. The summed E-state index contributed by atoms with van der Waals surface area (Å²) >= 11 is 0. The number of hydrogen-bond acceptors (Lipinski definition) is 4. The molecule has 0 heterocycles. The van der Waals surface area contributed by atoms with Gasteiger partial charge in [-0.15, -0.1) is 0 Å². The third-order valence-electron chi connectivity index (χ3n) is 2.75. The van der Waals surface area contributed by atoms with Gasteiger partial charge in [-0.1, -0.05) is 12.1 Å². The van der Waals surface area contributed by atoms with Crippen LogP contribution in [0.25, 0.3) is 0 Å². The highest BCUT2D eigenvalue weighted by Crippen LogP contribution is 2.12. The van der Waals surface area contributed by atoms with Crippen molar-refractivity contribution in [1.82, 2.24) is 10.2 Å². The van der Waals surface area contributed by atoms with Crippen LogP contribution < -0.4 is 5.32 Å². The molecule has 0 aromatic heterocycles. The molecule has 1 aromatic carbocycles. The molecule has 1 unspecified atom stereocenters. The Kier molecular flexibility index (Phi) is 5.54. The van der Waals surface area contributed by atoms with Crippen LogP contribution in [0.3, 0.4) is 0 Å². The smallest absolute Gasteiger partial charge is 0.258 e. The molecule has 1 aromatic rings. The van der Waals surface area contributed by atoms with Crippen molar-refractivity contribution in [3.8, 4) is 11.9 Å². The normalized spacial score (nSPS) is 11.2. The summed E-state index contributed by atoms with van der Waals surface area (Å²) < 4.78 is 0. The lowest BCUT2D eigenvalue weighted by Crippen LogP contribution is -2.47. The number of carbonyl (C=O) groups excluding carboxylic acids is 2. The van der Waals surface area contributed by atoms with Crippen LogP contribution in [0.4, 0.5) is 0 Å². The molecule has 1 rings (SSSR count). The van der Waals surface area contributed by atoms with Crippen molar-refractivity contribution < 1.29 is 14.7 Å². The van der Waals surface area contributed by atoms with Gasteiger partial charge in [0.25, 0.3) is 5.91 Å². The molecule has 0 radical (unpaired) electrons. The van der Waals surface area contributed by atoms with E-state index in [1.807, 2.05) is 0 Å². The first-order valence-electron chi connectivity index (χ1n) is 6.24. The lowest BCUT2D eigenvalue weighted by atomic mass is 10.0. The summed E-state index contributed by atoms with van der Waals surface area (Å²) in [5.74, 6) is -0.655. The van der Waals surface area contributed by atoms with Crippen LogP contribution >= 0.6 is 0 Å². The number of likely N-dealkylation sites (N-methyl/N-ethyl adjacent to an activating group) is 1. The SMILES string of the molecule is CCN(C#N)C(=O)C(Cc1ccc(O)cc1)NC(C)=O. The topological polar surface area (TPSA) is 93.4 Å². The van der Waals surface area contributed by atoms with Gasteiger partial charge in [0.15, 0.2) is 6.19 Å². The highest BCUT2D eigenvalue weighted by Gasteiger charge is 2.24. The average molecular weight is 275 g/mol. The van der Waals surface area contributed by atoms with Crippen molar-refractivity contribution in [3.63, 3.8) is 0 Å². The van der Waals surface area contributed by atoms with E-state index in [4.69, 9.17) is 5.26 Å². The fourth-order valence-electron chi connectivity index (χ4n) is 1.78. The van der Waals surface area contributed by atoms with Crippen LogP contribution in [0.15, 0.2) is 24.3 Å². The van der Waals surface area contributed by atoms with E-state index in [9.17, 15) is 14.7 Å². The second-order valence-electron chi connectivity index (χ2n) is 4.31. The molecule has 6 nitrogen and oxygen atoms in total. The van der Waals surface area contributed by atoms with Crippen LogP contribution in [0.1, 0.15) is 19.4 Å². The Bertz CT molecular complexity index is 519. The lowest BCUT2D eigenvalue weighted by Gasteiger charge is -2.21. The summed E-state index contributed by atoms with van der Waals surface area (Å²) in [5.41, 5.74) is 0.781. The van der Waals surface area contributed by atoms with Crippen LogP contribution in [0.5, 0.6) is 5.75 Å². The first kappa shape index (κ1) is 15.5. The number of carbonyl (C=O) groups is 2. The quantitative estimate of drug-likeness (QED) is 0.613. The average Bonchev–Trinajstić information content (AvgIpc) is 2.41. The number of rotatable bonds is 5. The zero-order valence-corrected chi connectivity index (χ0v) is 11.5. The standard InChI is InChI=1S/C14H17N3O3/c1-3-17(9-15)14(20)13(16-10(2)18)8-11-4-6-12(19)7-5-11/h4-7,13,19H,3,8H2,1-2H3,(H,16,18). The molecule has 2 N–H and O–H groups in total. The van der Waals surface area contributed by atoms with Gasteiger partial charge in [-0.05, 0) is 24.6 Å². The maximum atomic E-state index is 12.2. The number of hydrogen-bond donors (Lipinski definition) is 2. The summed E-state index contributed by atoms with van der Waals surface area (Å²) in [7, 11) is 0. The van der Waals surface area contributed by atoms with Crippen molar-refractivity contribution in [2.45, 2.75) is 26.3 Å². The minimum absolute atomic E-state index is 0.128. The molecular formula is C14H17N3O3. The Balaban J connectivity index is 2.89. The molecule has 0 spiro atoms. The number of benzene rings is 1. The van der Waals surface area contributed by atoms with E-state index in [1.54, 1.807) is 25.2 Å². The second kappa shape index (κ2) is 7.14. The Hall–Kier alpha value is -2.55. The molecule has 0 aliphatic carbocycles. The monoisotopic (exact) mass is 275 g/mol. The summed E-state index contributed by atoms with van der Waals surface area (Å²) in [5, 5.41) is 20.7. The predicted molar refractivity (Wildman–Crippen MR) is 72.4 cm³/mol. The fourth-order valence-corrected chi connectivity index (χ4v) is 1.78. The van der Waals surface area contributed by atoms with Gasteiger partial charge < -0.3 is 10.4 Å². The highest BCUT2D eigenvalue weighted by atomic mass is 16.3.